The van der Waals surface area contributed by atoms with Crippen molar-refractivity contribution in [2.75, 3.05) is 13.1 Å². The monoisotopic (exact) mass is 209 g/mol. The van der Waals surface area contributed by atoms with Gasteiger partial charge in [0.25, 0.3) is 0 Å². The van der Waals surface area contributed by atoms with Crippen molar-refractivity contribution in [2.24, 2.45) is 11.3 Å². The van der Waals surface area contributed by atoms with Gasteiger partial charge in [0.05, 0.1) is 0 Å². The first kappa shape index (κ1) is 11.4. The summed E-state index contributed by atoms with van der Waals surface area (Å²) in [5.74, 6) is 0.873. The van der Waals surface area contributed by atoms with Gasteiger partial charge in [-0.3, -0.25) is 0 Å². The summed E-state index contributed by atoms with van der Waals surface area (Å²) in [6, 6.07) is 0.801. The van der Waals surface area contributed by atoms with E-state index < -0.39 is 0 Å². The standard InChI is InChI=1S/C14H27N/c1-12(14(3)8-4-5-9-14)13(2)15-10-6-7-11-15/h12-13H,4-11H2,1-3H3/t12-,13-/m1/s1. The van der Waals surface area contributed by atoms with Gasteiger partial charge in [-0.05, 0) is 57.0 Å². The largest absolute Gasteiger partial charge is 0.300 e. The molecule has 1 saturated carbocycles. The molecule has 88 valence electrons. The van der Waals surface area contributed by atoms with Crippen LogP contribution in [0.25, 0.3) is 0 Å². The average Bonchev–Trinajstić information content (AvgIpc) is 2.86. The summed E-state index contributed by atoms with van der Waals surface area (Å²) in [5, 5.41) is 0. The van der Waals surface area contributed by atoms with E-state index in [1.54, 1.807) is 0 Å². The lowest BCUT2D eigenvalue weighted by molar-refractivity contribution is 0.0956. The van der Waals surface area contributed by atoms with Crippen molar-refractivity contribution in [2.45, 2.75) is 65.3 Å². The quantitative estimate of drug-likeness (QED) is 0.685. The summed E-state index contributed by atoms with van der Waals surface area (Å²) in [5.41, 5.74) is 0.641. The summed E-state index contributed by atoms with van der Waals surface area (Å²) in [6.07, 6.45) is 8.71. The highest BCUT2D eigenvalue weighted by Gasteiger charge is 2.38. The fraction of sp³-hybridized carbons (Fsp3) is 1.00. The highest BCUT2D eigenvalue weighted by atomic mass is 15.2. The Kier molecular flexibility index (Phi) is 3.39. The fourth-order valence-corrected chi connectivity index (χ4v) is 3.69. The zero-order valence-electron chi connectivity index (χ0n) is 10.8. The molecule has 2 rings (SSSR count). The topological polar surface area (TPSA) is 3.24 Å². The van der Waals surface area contributed by atoms with Crippen molar-refractivity contribution in [1.82, 2.24) is 4.90 Å². The van der Waals surface area contributed by atoms with E-state index in [0.29, 0.717) is 5.41 Å². The molecule has 1 heteroatoms. The first-order valence-corrected chi connectivity index (χ1v) is 6.87. The minimum Gasteiger partial charge on any atom is -0.300 e. The van der Waals surface area contributed by atoms with Crippen LogP contribution in [0.1, 0.15) is 59.3 Å². The average molecular weight is 209 g/mol. The fourth-order valence-electron chi connectivity index (χ4n) is 3.69. The lowest BCUT2D eigenvalue weighted by atomic mass is 9.73. The van der Waals surface area contributed by atoms with E-state index in [-0.39, 0.29) is 0 Å². The Balaban J connectivity index is 1.96. The summed E-state index contributed by atoms with van der Waals surface area (Å²) in [4.78, 5) is 2.72. The van der Waals surface area contributed by atoms with E-state index in [9.17, 15) is 0 Å². The Morgan fingerprint density at radius 3 is 2.00 bits per heavy atom. The molecular weight excluding hydrogens is 182 g/mol. The molecule has 0 spiro atoms. The van der Waals surface area contributed by atoms with Crippen LogP contribution >= 0.6 is 0 Å². The molecule has 0 amide bonds. The zero-order chi connectivity index (χ0) is 10.9. The van der Waals surface area contributed by atoms with Crippen LogP contribution in [-0.4, -0.2) is 24.0 Å². The minimum absolute atomic E-state index is 0.641. The molecule has 1 aliphatic heterocycles. The van der Waals surface area contributed by atoms with Gasteiger partial charge in [0, 0.05) is 6.04 Å². The molecule has 2 fully saturated rings. The molecule has 2 atom stereocenters. The SMILES string of the molecule is C[C@H]([C@@H](C)C1(C)CCCC1)N1CCCC1. The van der Waals surface area contributed by atoms with Gasteiger partial charge in [-0.1, -0.05) is 26.7 Å². The lowest BCUT2D eigenvalue weighted by Gasteiger charge is -2.39. The molecule has 1 nitrogen and oxygen atoms in total. The molecule has 1 aliphatic carbocycles. The third-order valence-corrected chi connectivity index (χ3v) is 5.29. The summed E-state index contributed by atoms with van der Waals surface area (Å²) in [6.45, 7) is 10.2. The van der Waals surface area contributed by atoms with Gasteiger partial charge in [0.1, 0.15) is 0 Å². The number of hydrogen-bond donors (Lipinski definition) is 0. The van der Waals surface area contributed by atoms with Gasteiger partial charge in [0.2, 0.25) is 0 Å². The van der Waals surface area contributed by atoms with Crippen LogP contribution in [0.2, 0.25) is 0 Å². The maximum Gasteiger partial charge on any atom is 0.00977 e. The zero-order valence-corrected chi connectivity index (χ0v) is 10.8. The van der Waals surface area contributed by atoms with E-state index in [2.05, 4.69) is 25.7 Å². The van der Waals surface area contributed by atoms with E-state index in [1.165, 1.54) is 51.6 Å². The van der Waals surface area contributed by atoms with Crippen LogP contribution < -0.4 is 0 Å². The number of nitrogens with zero attached hydrogens (tertiary/aromatic N) is 1. The normalized spacial score (nSPS) is 30.6. The van der Waals surface area contributed by atoms with Crippen LogP contribution in [0.4, 0.5) is 0 Å². The van der Waals surface area contributed by atoms with Crippen LogP contribution in [0.5, 0.6) is 0 Å². The Morgan fingerprint density at radius 1 is 0.933 bits per heavy atom. The second-order valence-electron chi connectivity index (χ2n) is 6.13. The third-order valence-electron chi connectivity index (χ3n) is 5.29. The van der Waals surface area contributed by atoms with Crippen LogP contribution in [0.15, 0.2) is 0 Å². The number of rotatable bonds is 3. The predicted octanol–water partition coefficient (Wildman–Crippen LogP) is 3.69. The lowest BCUT2D eigenvalue weighted by Crippen LogP contribution is -2.41. The molecule has 0 unspecified atom stereocenters. The summed E-state index contributed by atoms with van der Waals surface area (Å²) in [7, 11) is 0. The van der Waals surface area contributed by atoms with Gasteiger partial charge in [-0.15, -0.1) is 0 Å². The molecule has 1 heterocycles. The van der Waals surface area contributed by atoms with E-state index in [1.807, 2.05) is 0 Å². The van der Waals surface area contributed by atoms with Gasteiger partial charge in [0.15, 0.2) is 0 Å². The van der Waals surface area contributed by atoms with E-state index in [4.69, 9.17) is 0 Å². The molecule has 0 radical (unpaired) electrons. The first-order valence-electron chi connectivity index (χ1n) is 6.87. The summed E-state index contributed by atoms with van der Waals surface area (Å²) < 4.78 is 0. The molecule has 0 bridgehead atoms. The molecule has 0 N–H and O–H groups in total. The number of hydrogen-bond acceptors (Lipinski definition) is 1. The van der Waals surface area contributed by atoms with Crippen molar-refractivity contribution < 1.29 is 0 Å². The predicted molar refractivity (Wildman–Crippen MR) is 66.0 cm³/mol. The Hall–Kier alpha value is -0.0400. The van der Waals surface area contributed by atoms with Crippen LogP contribution in [0, 0.1) is 11.3 Å². The Bertz CT molecular complexity index is 199. The van der Waals surface area contributed by atoms with Crippen molar-refractivity contribution >= 4 is 0 Å². The maximum atomic E-state index is 2.72. The van der Waals surface area contributed by atoms with Crippen LogP contribution in [-0.2, 0) is 0 Å². The van der Waals surface area contributed by atoms with Crippen molar-refractivity contribution in [1.29, 1.82) is 0 Å². The van der Waals surface area contributed by atoms with Crippen molar-refractivity contribution in [3.63, 3.8) is 0 Å². The highest BCUT2D eigenvalue weighted by Crippen LogP contribution is 2.46. The van der Waals surface area contributed by atoms with Crippen molar-refractivity contribution in [3.8, 4) is 0 Å². The van der Waals surface area contributed by atoms with E-state index in [0.717, 1.165) is 12.0 Å². The van der Waals surface area contributed by atoms with Gasteiger partial charge >= 0.3 is 0 Å². The molecule has 0 aromatic carbocycles. The van der Waals surface area contributed by atoms with Crippen molar-refractivity contribution in [3.05, 3.63) is 0 Å². The van der Waals surface area contributed by atoms with Gasteiger partial charge in [-0.2, -0.15) is 0 Å². The molecular formula is C14H27N. The second-order valence-corrected chi connectivity index (χ2v) is 6.13. The molecule has 2 aliphatic rings. The number of likely N-dealkylation sites (tertiary alicyclic amines) is 1. The summed E-state index contributed by atoms with van der Waals surface area (Å²) >= 11 is 0. The Morgan fingerprint density at radius 2 is 1.47 bits per heavy atom. The maximum absolute atomic E-state index is 2.72. The first-order chi connectivity index (χ1) is 7.13. The molecule has 15 heavy (non-hydrogen) atoms. The van der Waals surface area contributed by atoms with Gasteiger partial charge in [-0.25, -0.2) is 0 Å². The van der Waals surface area contributed by atoms with E-state index >= 15 is 0 Å². The minimum atomic E-state index is 0.641. The second kappa shape index (κ2) is 4.45. The molecule has 0 aromatic rings. The highest BCUT2D eigenvalue weighted by molar-refractivity contribution is 4.91. The Labute approximate surface area is 95.2 Å². The van der Waals surface area contributed by atoms with Gasteiger partial charge < -0.3 is 4.90 Å². The molecule has 1 saturated heterocycles. The smallest absolute Gasteiger partial charge is 0.00977 e. The third kappa shape index (κ3) is 2.22. The molecule has 0 aromatic heterocycles. The van der Waals surface area contributed by atoms with Crippen LogP contribution in [0.3, 0.4) is 0 Å².